The van der Waals surface area contributed by atoms with Crippen LogP contribution in [0.3, 0.4) is 0 Å². The van der Waals surface area contributed by atoms with Crippen LogP contribution in [0.1, 0.15) is 33.1 Å². The number of rotatable bonds is 2. The van der Waals surface area contributed by atoms with E-state index in [9.17, 15) is 0 Å². The van der Waals surface area contributed by atoms with Gasteiger partial charge in [-0.25, -0.2) is 0 Å². The SMILES string of the molecule is CC(C)CC1CCCN1.c1cnccn1.c1cscn1. The van der Waals surface area contributed by atoms with E-state index in [4.69, 9.17) is 0 Å². The van der Waals surface area contributed by atoms with Gasteiger partial charge in [-0.1, -0.05) is 13.8 Å². The quantitative estimate of drug-likeness (QED) is 0.921. The van der Waals surface area contributed by atoms with E-state index in [1.54, 1.807) is 47.8 Å². The largest absolute Gasteiger partial charge is 0.314 e. The first-order chi connectivity index (χ1) is 9.79. The zero-order valence-electron chi connectivity index (χ0n) is 12.3. The van der Waals surface area contributed by atoms with E-state index in [2.05, 4.69) is 34.1 Å². The van der Waals surface area contributed by atoms with Crippen molar-refractivity contribution in [3.63, 3.8) is 0 Å². The highest BCUT2D eigenvalue weighted by Gasteiger charge is 2.14. The van der Waals surface area contributed by atoms with Crippen molar-refractivity contribution in [1.82, 2.24) is 20.3 Å². The Morgan fingerprint density at radius 1 is 1.10 bits per heavy atom. The zero-order chi connectivity index (χ0) is 14.5. The van der Waals surface area contributed by atoms with Crippen molar-refractivity contribution in [3.05, 3.63) is 41.9 Å². The molecule has 0 spiro atoms. The van der Waals surface area contributed by atoms with Crippen LogP contribution in [0.15, 0.2) is 41.9 Å². The van der Waals surface area contributed by atoms with Crippen LogP contribution in [0.25, 0.3) is 0 Å². The summed E-state index contributed by atoms with van der Waals surface area (Å²) in [6.07, 6.45) is 12.5. The lowest BCUT2D eigenvalue weighted by molar-refractivity contribution is 0.464. The number of thiazole rings is 1. The summed E-state index contributed by atoms with van der Waals surface area (Å²) in [6.45, 7) is 5.83. The predicted octanol–water partition coefficient (Wildman–Crippen LogP) is 3.40. The summed E-state index contributed by atoms with van der Waals surface area (Å²) in [5, 5.41) is 5.42. The fourth-order valence-corrected chi connectivity index (χ4v) is 2.31. The first-order valence-electron chi connectivity index (χ1n) is 7.04. The maximum Gasteiger partial charge on any atom is 0.0791 e. The van der Waals surface area contributed by atoms with Crippen molar-refractivity contribution in [3.8, 4) is 0 Å². The van der Waals surface area contributed by atoms with Crippen LogP contribution in [0.4, 0.5) is 0 Å². The maximum absolute atomic E-state index is 3.74. The lowest BCUT2D eigenvalue weighted by atomic mass is 10.0. The van der Waals surface area contributed by atoms with Crippen LogP contribution in [-0.2, 0) is 0 Å². The molecule has 5 heteroatoms. The second-order valence-electron chi connectivity index (χ2n) is 4.99. The Kier molecular flexibility index (Phi) is 9.61. The molecule has 0 radical (unpaired) electrons. The Morgan fingerprint density at radius 3 is 2.10 bits per heavy atom. The Labute approximate surface area is 125 Å². The summed E-state index contributed by atoms with van der Waals surface area (Å²) in [4.78, 5) is 11.2. The van der Waals surface area contributed by atoms with Crippen LogP contribution in [-0.4, -0.2) is 27.5 Å². The smallest absolute Gasteiger partial charge is 0.0791 e. The van der Waals surface area contributed by atoms with Gasteiger partial charge < -0.3 is 5.32 Å². The number of hydrogen-bond donors (Lipinski definition) is 1. The summed E-state index contributed by atoms with van der Waals surface area (Å²) in [5.74, 6) is 0.862. The monoisotopic (exact) mass is 292 g/mol. The minimum absolute atomic E-state index is 0.838. The van der Waals surface area contributed by atoms with Crippen LogP contribution in [0.2, 0.25) is 0 Å². The van der Waals surface area contributed by atoms with E-state index in [0.29, 0.717) is 0 Å². The van der Waals surface area contributed by atoms with Crippen molar-refractivity contribution in [2.45, 2.75) is 39.2 Å². The van der Waals surface area contributed by atoms with E-state index in [1.807, 2.05) is 5.38 Å². The molecule has 4 nitrogen and oxygen atoms in total. The highest BCUT2D eigenvalue weighted by atomic mass is 32.1. The summed E-state index contributed by atoms with van der Waals surface area (Å²) in [5.41, 5.74) is 1.79. The van der Waals surface area contributed by atoms with Crippen molar-refractivity contribution >= 4 is 11.3 Å². The second kappa shape index (κ2) is 11.5. The van der Waals surface area contributed by atoms with Gasteiger partial charge in [-0.05, 0) is 31.7 Å². The van der Waals surface area contributed by atoms with Gasteiger partial charge in [0.2, 0.25) is 0 Å². The van der Waals surface area contributed by atoms with Gasteiger partial charge in [0.05, 0.1) is 5.51 Å². The highest BCUT2D eigenvalue weighted by molar-refractivity contribution is 7.07. The molecule has 0 amide bonds. The van der Waals surface area contributed by atoms with Crippen molar-refractivity contribution in [1.29, 1.82) is 0 Å². The first kappa shape index (κ1) is 16.7. The average Bonchev–Trinajstić information content (AvgIpc) is 3.16. The van der Waals surface area contributed by atoms with Gasteiger partial charge in [-0.2, -0.15) is 0 Å². The third-order valence-corrected chi connectivity index (χ3v) is 3.27. The van der Waals surface area contributed by atoms with E-state index in [-0.39, 0.29) is 0 Å². The molecule has 0 aromatic carbocycles. The summed E-state index contributed by atoms with van der Waals surface area (Å²) in [7, 11) is 0. The Hall–Kier alpha value is -1.33. The molecule has 1 fully saturated rings. The molecule has 2 aromatic rings. The van der Waals surface area contributed by atoms with Crippen molar-refractivity contribution < 1.29 is 0 Å². The summed E-state index contributed by atoms with van der Waals surface area (Å²) in [6, 6.07) is 0.838. The summed E-state index contributed by atoms with van der Waals surface area (Å²) >= 11 is 1.60. The van der Waals surface area contributed by atoms with E-state index >= 15 is 0 Å². The molecule has 1 atom stereocenters. The van der Waals surface area contributed by atoms with Crippen LogP contribution < -0.4 is 5.32 Å². The topological polar surface area (TPSA) is 50.7 Å². The van der Waals surface area contributed by atoms with Gasteiger partial charge in [0.25, 0.3) is 0 Å². The average molecular weight is 292 g/mol. The molecule has 110 valence electrons. The second-order valence-corrected chi connectivity index (χ2v) is 5.75. The number of aromatic nitrogens is 3. The fraction of sp³-hybridized carbons (Fsp3) is 0.533. The van der Waals surface area contributed by atoms with Gasteiger partial charge >= 0.3 is 0 Å². The fourth-order valence-electron chi connectivity index (χ4n) is 1.96. The molecular weight excluding hydrogens is 268 g/mol. The maximum atomic E-state index is 3.74. The zero-order valence-corrected chi connectivity index (χ0v) is 13.1. The van der Waals surface area contributed by atoms with Crippen molar-refractivity contribution in [2.24, 2.45) is 5.92 Å². The predicted molar refractivity (Wildman–Crippen MR) is 84.6 cm³/mol. The minimum Gasteiger partial charge on any atom is -0.314 e. The molecule has 20 heavy (non-hydrogen) atoms. The lowest BCUT2D eigenvalue weighted by Gasteiger charge is -2.11. The van der Waals surface area contributed by atoms with Crippen LogP contribution in [0.5, 0.6) is 0 Å². The molecule has 3 rings (SSSR count). The third kappa shape index (κ3) is 9.58. The standard InChI is InChI=1S/C8H17N.C4H4N2.C3H3NS/c1-7(2)6-8-4-3-5-9-8;1-2-6-4-3-5-1;1-2-5-3-4-1/h7-9H,3-6H2,1-2H3;1-4H;1-3H. The molecule has 1 aliphatic heterocycles. The van der Waals surface area contributed by atoms with Gasteiger partial charge in [-0.3, -0.25) is 15.0 Å². The van der Waals surface area contributed by atoms with E-state index < -0.39 is 0 Å². The Bertz CT molecular complexity index is 342. The normalized spacial score (nSPS) is 16.9. The number of hydrogen-bond acceptors (Lipinski definition) is 5. The highest BCUT2D eigenvalue weighted by Crippen LogP contribution is 2.13. The molecule has 1 N–H and O–H groups in total. The first-order valence-corrected chi connectivity index (χ1v) is 7.99. The molecule has 1 unspecified atom stereocenters. The van der Waals surface area contributed by atoms with Gasteiger partial charge in [0.15, 0.2) is 0 Å². The van der Waals surface area contributed by atoms with Gasteiger partial charge in [-0.15, -0.1) is 11.3 Å². The van der Waals surface area contributed by atoms with Crippen LogP contribution in [0, 0.1) is 5.92 Å². The summed E-state index contributed by atoms with van der Waals surface area (Å²) < 4.78 is 0. The van der Waals surface area contributed by atoms with Crippen LogP contribution >= 0.6 is 11.3 Å². The molecule has 3 heterocycles. The number of nitrogens with zero attached hydrogens (tertiary/aromatic N) is 3. The van der Waals surface area contributed by atoms with Gasteiger partial charge in [0, 0.05) is 42.4 Å². The molecule has 2 aromatic heterocycles. The molecule has 0 aliphatic carbocycles. The molecule has 0 saturated carbocycles. The van der Waals surface area contributed by atoms with Gasteiger partial charge in [0.1, 0.15) is 0 Å². The van der Waals surface area contributed by atoms with E-state index in [1.165, 1.54) is 25.8 Å². The van der Waals surface area contributed by atoms with E-state index in [0.717, 1.165) is 12.0 Å². The molecule has 1 saturated heterocycles. The number of nitrogens with one attached hydrogen (secondary N) is 1. The molecule has 1 aliphatic rings. The third-order valence-electron chi connectivity index (χ3n) is 2.74. The molecule has 0 bridgehead atoms. The van der Waals surface area contributed by atoms with Crippen molar-refractivity contribution in [2.75, 3.05) is 6.54 Å². The Morgan fingerprint density at radius 2 is 1.80 bits per heavy atom. The minimum atomic E-state index is 0.838. The lowest BCUT2D eigenvalue weighted by Crippen LogP contribution is -2.22. The Balaban J connectivity index is 0.000000158. The molecular formula is C15H24N4S.